The first-order valence-electron chi connectivity index (χ1n) is 47.5. The SMILES string of the molecule is CCCCCCCCCCCCCCCCCCCCCCCCC(=O)OC[C@H](COP(=O)(O)OC[C@@H](O)COP(=O)(O)OC[C@@H](COC(=O)CCCCCCCCC(C)C)OC(=O)CCCCCCCCCCCCCCCCCC(C)C)OC(=O)CCCCCCCCCCCCCCCCCCCCCCCC. The van der Waals surface area contributed by atoms with Crippen molar-refractivity contribution in [2.75, 3.05) is 39.6 Å². The van der Waals surface area contributed by atoms with Crippen molar-refractivity contribution in [1.82, 2.24) is 0 Å². The Morgan fingerprint density at radius 2 is 0.414 bits per heavy atom. The fraction of sp³-hybridized carbons (Fsp3) is 0.957. The van der Waals surface area contributed by atoms with Gasteiger partial charge in [-0.3, -0.25) is 37.3 Å². The Hall–Kier alpha value is -1.94. The van der Waals surface area contributed by atoms with Crippen molar-refractivity contribution in [3.05, 3.63) is 0 Å². The van der Waals surface area contributed by atoms with Gasteiger partial charge in [-0.15, -0.1) is 0 Å². The van der Waals surface area contributed by atoms with E-state index in [1.807, 2.05) is 0 Å². The van der Waals surface area contributed by atoms with Crippen molar-refractivity contribution < 1.29 is 80.2 Å². The van der Waals surface area contributed by atoms with E-state index < -0.39 is 97.5 Å². The Morgan fingerprint density at radius 3 is 0.613 bits per heavy atom. The van der Waals surface area contributed by atoms with E-state index in [9.17, 15) is 43.2 Å². The molecule has 5 atom stereocenters. The Labute approximate surface area is 683 Å². The smallest absolute Gasteiger partial charge is 0.462 e. The maximum Gasteiger partial charge on any atom is 0.472 e. The molecule has 0 saturated carbocycles. The number of aliphatic hydroxyl groups excluding tert-OH is 1. The van der Waals surface area contributed by atoms with Crippen LogP contribution >= 0.6 is 15.6 Å². The second-order valence-corrected chi connectivity index (χ2v) is 36.9. The molecule has 2 unspecified atom stereocenters. The molecule has 0 aromatic carbocycles. The van der Waals surface area contributed by atoms with Crippen LogP contribution in [0.15, 0.2) is 0 Å². The van der Waals surface area contributed by atoms with Crippen LogP contribution < -0.4 is 0 Å². The van der Waals surface area contributed by atoms with Crippen molar-refractivity contribution in [1.29, 1.82) is 0 Å². The fourth-order valence-electron chi connectivity index (χ4n) is 14.5. The van der Waals surface area contributed by atoms with Gasteiger partial charge in [0.15, 0.2) is 12.2 Å². The highest BCUT2D eigenvalue weighted by Crippen LogP contribution is 2.45. The summed E-state index contributed by atoms with van der Waals surface area (Å²) in [6.07, 6.45) is 78.3. The van der Waals surface area contributed by atoms with Crippen LogP contribution in [0, 0.1) is 11.8 Å². The summed E-state index contributed by atoms with van der Waals surface area (Å²) in [5.74, 6) is -0.618. The first-order valence-corrected chi connectivity index (χ1v) is 50.5. The Morgan fingerprint density at radius 1 is 0.243 bits per heavy atom. The van der Waals surface area contributed by atoms with E-state index in [0.29, 0.717) is 31.6 Å². The van der Waals surface area contributed by atoms with Crippen molar-refractivity contribution in [3.8, 4) is 0 Å². The van der Waals surface area contributed by atoms with Crippen LogP contribution in [0.25, 0.3) is 0 Å². The largest absolute Gasteiger partial charge is 0.472 e. The highest BCUT2D eigenvalue weighted by Gasteiger charge is 2.31. The van der Waals surface area contributed by atoms with Gasteiger partial charge in [-0.05, 0) is 37.5 Å². The quantitative estimate of drug-likeness (QED) is 0.0222. The summed E-state index contributed by atoms with van der Waals surface area (Å²) in [4.78, 5) is 73.4. The molecule has 0 heterocycles. The molecule has 17 nitrogen and oxygen atoms in total. The Kier molecular flexibility index (Phi) is 81.7. The molecule has 3 N–H and O–H groups in total. The number of ether oxygens (including phenoxy) is 4. The van der Waals surface area contributed by atoms with Crippen molar-refractivity contribution in [2.45, 2.75) is 516 Å². The lowest BCUT2D eigenvalue weighted by Gasteiger charge is -2.21. The molecule has 0 saturated heterocycles. The van der Waals surface area contributed by atoms with Gasteiger partial charge in [0.05, 0.1) is 26.4 Å². The molecule has 0 radical (unpaired) electrons. The predicted molar refractivity (Wildman–Crippen MR) is 460 cm³/mol. The molecule has 0 aliphatic heterocycles. The summed E-state index contributed by atoms with van der Waals surface area (Å²) in [5.41, 5.74) is 0. The summed E-state index contributed by atoms with van der Waals surface area (Å²) >= 11 is 0. The van der Waals surface area contributed by atoms with Crippen LogP contribution in [0.2, 0.25) is 0 Å². The first-order chi connectivity index (χ1) is 53.9. The number of phosphoric ester groups is 2. The number of aliphatic hydroxyl groups is 1. The average Bonchev–Trinajstić information content (AvgIpc) is 0.899. The molecular weight excluding hydrogens is 1440 g/mol. The van der Waals surface area contributed by atoms with Crippen molar-refractivity contribution in [2.24, 2.45) is 11.8 Å². The first kappa shape index (κ1) is 109. The highest BCUT2D eigenvalue weighted by atomic mass is 31.2. The van der Waals surface area contributed by atoms with Gasteiger partial charge in [0.25, 0.3) is 0 Å². The lowest BCUT2D eigenvalue weighted by molar-refractivity contribution is -0.161. The molecule has 0 aromatic rings. The Bertz CT molecular complexity index is 2120. The molecule has 660 valence electrons. The van der Waals surface area contributed by atoms with E-state index in [4.69, 9.17) is 37.0 Å². The summed E-state index contributed by atoms with van der Waals surface area (Å²) in [5, 5.41) is 10.7. The topological polar surface area (TPSA) is 237 Å². The maximum atomic E-state index is 13.2. The summed E-state index contributed by atoms with van der Waals surface area (Å²) < 4.78 is 69.0. The zero-order chi connectivity index (χ0) is 81.3. The van der Waals surface area contributed by atoms with Crippen LogP contribution in [0.3, 0.4) is 0 Å². The van der Waals surface area contributed by atoms with Gasteiger partial charge in [-0.25, -0.2) is 9.13 Å². The number of hydrogen-bond donors (Lipinski definition) is 3. The average molecular weight is 1620 g/mol. The second-order valence-electron chi connectivity index (χ2n) is 34.0. The Balaban J connectivity index is 5.19. The third-order valence-corrected chi connectivity index (χ3v) is 23.6. The number of unbranched alkanes of at least 4 members (excludes halogenated alkanes) is 61. The lowest BCUT2D eigenvalue weighted by atomic mass is 10.0. The summed E-state index contributed by atoms with van der Waals surface area (Å²) in [6.45, 7) is 9.64. The number of carbonyl (C=O) groups excluding carboxylic acids is 4. The standard InChI is InChI=1S/C92H180O17P2/c1-7-9-11-13-15-17-19-21-23-25-27-29-31-33-35-39-43-47-51-55-62-68-74-89(94)102-80-87(108-91(96)76-70-64-56-52-48-44-40-36-34-32-30-28-26-24-22-20-18-16-14-12-10-8-2)82-106-110(98,99)104-78-86(93)79-105-111(100,101)107-83-88(81-103-90(95)75-69-63-59-58-61-67-73-85(5)6)109-92(97)77-71-65-57-53-49-45-41-37-38-42-46-50-54-60-66-72-84(3)4/h84-88,93H,7-83H2,1-6H3,(H,98,99)(H,100,101)/t86-,87-,88-/m1/s1. The molecule has 0 rings (SSSR count). The predicted octanol–water partition coefficient (Wildman–Crippen LogP) is 28.6. The van der Waals surface area contributed by atoms with E-state index in [-0.39, 0.29) is 25.7 Å². The second kappa shape index (κ2) is 83.1. The van der Waals surface area contributed by atoms with Crippen LogP contribution in [0.4, 0.5) is 0 Å². The zero-order valence-corrected chi connectivity index (χ0v) is 75.1. The third-order valence-electron chi connectivity index (χ3n) is 21.7. The third kappa shape index (κ3) is 85.8. The molecule has 0 amide bonds. The number of esters is 4. The normalized spacial score (nSPS) is 13.7. The van der Waals surface area contributed by atoms with Crippen molar-refractivity contribution in [3.63, 3.8) is 0 Å². The number of hydrogen-bond acceptors (Lipinski definition) is 15. The minimum Gasteiger partial charge on any atom is -0.462 e. The molecule has 0 aliphatic carbocycles. The monoisotopic (exact) mass is 1620 g/mol. The van der Waals surface area contributed by atoms with Gasteiger partial charge >= 0.3 is 39.5 Å². The van der Waals surface area contributed by atoms with Crippen molar-refractivity contribution >= 4 is 39.5 Å². The summed E-state index contributed by atoms with van der Waals surface area (Å²) in [7, 11) is -9.93. The molecule has 0 aromatic heterocycles. The number of phosphoric acid groups is 2. The van der Waals surface area contributed by atoms with Crippen LogP contribution in [-0.2, 0) is 65.4 Å². The van der Waals surface area contributed by atoms with Crippen LogP contribution in [0.1, 0.15) is 497 Å². The van der Waals surface area contributed by atoms with Gasteiger partial charge in [-0.1, -0.05) is 446 Å². The van der Waals surface area contributed by atoms with E-state index >= 15 is 0 Å². The minimum atomic E-state index is -4.97. The summed E-state index contributed by atoms with van der Waals surface area (Å²) in [6, 6.07) is 0. The number of rotatable bonds is 91. The molecule has 0 fully saturated rings. The maximum absolute atomic E-state index is 13.2. The van der Waals surface area contributed by atoms with Gasteiger partial charge < -0.3 is 33.8 Å². The van der Waals surface area contributed by atoms with Gasteiger partial charge in [-0.2, -0.15) is 0 Å². The minimum absolute atomic E-state index is 0.107. The molecule has 19 heteroatoms. The molecule has 0 bridgehead atoms. The van der Waals surface area contributed by atoms with E-state index in [1.165, 1.54) is 308 Å². The molecule has 111 heavy (non-hydrogen) atoms. The van der Waals surface area contributed by atoms with Gasteiger partial charge in [0.2, 0.25) is 0 Å². The molecule has 0 spiro atoms. The van der Waals surface area contributed by atoms with Crippen LogP contribution in [-0.4, -0.2) is 96.7 Å². The van der Waals surface area contributed by atoms with Gasteiger partial charge in [0, 0.05) is 25.7 Å². The van der Waals surface area contributed by atoms with Gasteiger partial charge in [0.1, 0.15) is 19.3 Å². The molecular formula is C92H180O17P2. The fourth-order valence-corrected chi connectivity index (χ4v) is 16.1. The van der Waals surface area contributed by atoms with Crippen LogP contribution in [0.5, 0.6) is 0 Å². The highest BCUT2D eigenvalue weighted by molar-refractivity contribution is 7.47. The van der Waals surface area contributed by atoms with E-state index in [0.717, 1.165) is 102 Å². The number of carbonyl (C=O) groups is 4. The molecule has 0 aliphatic rings. The zero-order valence-electron chi connectivity index (χ0n) is 73.3. The lowest BCUT2D eigenvalue weighted by Crippen LogP contribution is -2.30. The van der Waals surface area contributed by atoms with E-state index in [1.54, 1.807) is 0 Å². The van der Waals surface area contributed by atoms with E-state index in [2.05, 4.69) is 41.5 Å².